The van der Waals surface area contributed by atoms with E-state index in [0.29, 0.717) is 42.7 Å². The van der Waals surface area contributed by atoms with Gasteiger partial charge in [0.1, 0.15) is 18.9 Å². The molecule has 1 saturated heterocycles. The van der Waals surface area contributed by atoms with Crippen LogP contribution < -0.4 is 20.1 Å². The van der Waals surface area contributed by atoms with Gasteiger partial charge in [0.2, 0.25) is 11.8 Å². The molecule has 2 aliphatic heterocycles. The van der Waals surface area contributed by atoms with Crippen LogP contribution in [-0.2, 0) is 16.1 Å². The minimum Gasteiger partial charge on any atom is -0.486 e. The van der Waals surface area contributed by atoms with Gasteiger partial charge in [-0.15, -0.1) is 0 Å². The average Bonchev–Trinajstić information content (AvgIpc) is 3.20. The molecule has 1 aromatic heterocycles. The highest BCUT2D eigenvalue weighted by molar-refractivity contribution is 5.96. The highest BCUT2D eigenvalue weighted by atomic mass is 16.6. The molecule has 4 rings (SSSR count). The van der Waals surface area contributed by atoms with Crippen LogP contribution >= 0.6 is 0 Å². The van der Waals surface area contributed by atoms with E-state index >= 15 is 0 Å². The Kier molecular flexibility index (Phi) is 5.32. The normalized spacial score (nSPS) is 15.8. The van der Waals surface area contributed by atoms with Crippen LogP contribution in [0.1, 0.15) is 18.5 Å². The second-order valence-corrected chi connectivity index (χ2v) is 6.66. The lowest BCUT2D eigenvalue weighted by molar-refractivity contribution is -0.121. The quantitative estimate of drug-likeness (QED) is 0.743. The number of amides is 4. The number of imide groups is 1. The number of carbonyl (C=O) groups is 3. The van der Waals surface area contributed by atoms with Crippen LogP contribution in [0.4, 0.5) is 4.79 Å². The predicted octanol–water partition coefficient (Wildman–Crippen LogP) is 1.06. The molecule has 0 radical (unpaired) electrons. The molecular weight excluding hydrogens is 380 g/mol. The summed E-state index contributed by atoms with van der Waals surface area (Å²) in [6.45, 7) is 1.79. The summed E-state index contributed by atoms with van der Waals surface area (Å²) in [5, 5.41) is 8.94. The van der Waals surface area contributed by atoms with E-state index in [9.17, 15) is 14.4 Å². The molecule has 1 fully saturated rings. The molecule has 2 aliphatic rings. The van der Waals surface area contributed by atoms with E-state index in [2.05, 4.69) is 15.8 Å². The molecule has 2 aromatic rings. The summed E-state index contributed by atoms with van der Waals surface area (Å²) in [7, 11) is 0. The lowest BCUT2D eigenvalue weighted by Crippen LogP contribution is -2.50. The van der Waals surface area contributed by atoms with Gasteiger partial charge in [0.15, 0.2) is 17.3 Å². The van der Waals surface area contributed by atoms with Crippen molar-refractivity contribution in [2.45, 2.75) is 19.4 Å². The molecule has 4 amide bonds. The van der Waals surface area contributed by atoms with Crippen LogP contribution in [0, 0.1) is 0 Å². The van der Waals surface area contributed by atoms with Crippen molar-refractivity contribution in [3.8, 4) is 22.8 Å². The van der Waals surface area contributed by atoms with Crippen LogP contribution in [0.25, 0.3) is 11.3 Å². The number of hydrogen-bond acceptors (Lipinski definition) is 7. The van der Waals surface area contributed by atoms with Gasteiger partial charge in [-0.1, -0.05) is 5.16 Å². The topological polar surface area (TPSA) is 123 Å². The lowest BCUT2D eigenvalue weighted by Gasteiger charge is -2.26. The Morgan fingerprint density at radius 3 is 2.83 bits per heavy atom. The van der Waals surface area contributed by atoms with Crippen molar-refractivity contribution in [1.29, 1.82) is 0 Å². The molecule has 29 heavy (non-hydrogen) atoms. The van der Waals surface area contributed by atoms with E-state index in [1.807, 2.05) is 18.2 Å². The van der Waals surface area contributed by atoms with Crippen molar-refractivity contribution < 1.29 is 28.4 Å². The SMILES string of the molecule is O=C(CCN1CCC(=O)NC1=O)NCc1cc(-c2ccc3c(c2)OCCO3)on1. The van der Waals surface area contributed by atoms with E-state index < -0.39 is 6.03 Å². The fourth-order valence-electron chi connectivity index (χ4n) is 3.05. The number of aromatic nitrogens is 1. The number of benzene rings is 1. The van der Waals surface area contributed by atoms with Crippen molar-refractivity contribution in [2.75, 3.05) is 26.3 Å². The largest absolute Gasteiger partial charge is 0.486 e. The van der Waals surface area contributed by atoms with Gasteiger partial charge in [-0.2, -0.15) is 0 Å². The Labute approximate surface area is 166 Å². The summed E-state index contributed by atoms with van der Waals surface area (Å²) in [4.78, 5) is 36.3. The number of urea groups is 1. The number of nitrogens with one attached hydrogen (secondary N) is 2. The number of fused-ring (bicyclic) bond motifs is 1. The van der Waals surface area contributed by atoms with Crippen molar-refractivity contribution >= 4 is 17.8 Å². The third kappa shape index (κ3) is 4.48. The van der Waals surface area contributed by atoms with Crippen LogP contribution in [-0.4, -0.2) is 54.2 Å². The molecule has 152 valence electrons. The third-order valence-corrected chi connectivity index (χ3v) is 4.60. The Morgan fingerprint density at radius 2 is 2.00 bits per heavy atom. The lowest BCUT2D eigenvalue weighted by atomic mass is 10.1. The Morgan fingerprint density at radius 1 is 1.17 bits per heavy atom. The summed E-state index contributed by atoms with van der Waals surface area (Å²) in [6.07, 6.45) is 0.378. The molecular formula is C19H20N4O6. The number of ether oxygens (including phenoxy) is 2. The minimum absolute atomic E-state index is 0.133. The monoisotopic (exact) mass is 400 g/mol. The maximum Gasteiger partial charge on any atom is 0.324 e. The van der Waals surface area contributed by atoms with Crippen molar-refractivity contribution in [1.82, 2.24) is 20.7 Å². The van der Waals surface area contributed by atoms with Crippen LogP contribution in [0.5, 0.6) is 11.5 Å². The first kappa shape index (κ1) is 18.8. The van der Waals surface area contributed by atoms with Crippen molar-refractivity contribution in [2.24, 2.45) is 0 Å². The Bertz CT molecular complexity index is 941. The summed E-state index contributed by atoms with van der Waals surface area (Å²) >= 11 is 0. The molecule has 10 heteroatoms. The molecule has 0 bridgehead atoms. The van der Waals surface area contributed by atoms with Gasteiger partial charge in [0.05, 0.1) is 6.54 Å². The number of hydrogen-bond donors (Lipinski definition) is 2. The molecule has 0 atom stereocenters. The minimum atomic E-state index is -0.463. The average molecular weight is 400 g/mol. The first-order valence-corrected chi connectivity index (χ1v) is 9.29. The van der Waals surface area contributed by atoms with Gasteiger partial charge >= 0.3 is 6.03 Å². The standard InChI is InChI=1S/C19H20N4O6/c24-17(3-5-23-6-4-18(25)21-19(23)26)20-11-13-10-15(29-22-13)12-1-2-14-16(9-12)28-8-7-27-14/h1-2,9-10H,3-8,11H2,(H,20,24)(H,21,25,26). The zero-order valence-corrected chi connectivity index (χ0v) is 15.6. The molecule has 0 aliphatic carbocycles. The van der Waals surface area contributed by atoms with Gasteiger partial charge in [-0.3, -0.25) is 14.9 Å². The van der Waals surface area contributed by atoms with Gasteiger partial charge in [-0.25, -0.2) is 4.79 Å². The maximum atomic E-state index is 12.0. The van der Waals surface area contributed by atoms with E-state index in [4.69, 9.17) is 14.0 Å². The fourth-order valence-corrected chi connectivity index (χ4v) is 3.05. The van der Waals surface area contributed by atoms with Crippen LogP contribution in [0.2, 0.25) is 0 Å². The zero-order chi connectivity index (χ0) is 20.2. The third-order valence-electron chi connectivity index (χ3n) is 4.60. The molecule has 2 N–H and O–H groups in total. The second kappa shape index (κ2) is 8.21. The van der Waals surface area contributed by atoms with Crippen LogP contribution in [0.15, 0.2) is 28.8 Å². The van der Waals surface area contributed by atoms with Gasteiger partial charge in [0, 0.05) is 37.6 Å². The van der Waals surface area contributed by atoms with Gasteiger partial charge in [0.25, 0.3) is 0 Å². The number of rotatable bonds is 6. The summed E-state index contributed by atoms with van der Waals surface area (Å²) in [6, 6.07) is 6.78. The molecule has 1 aromatic carbocycles. The molecule has 10 nitrogen and oxygen atoms in total. The van der Waals surface area contributed by atoms with E-state index in [-0.39, 0.29) is 37.7 Å². The molecule has 0 spiro atoms. The van der Waals surface area contributed by atoms with E-state index in [1.54, 1.807) is 6.07 Å². The second-order valence-electron chi connectivity index (χ2n) is 6.66. The Balaban J connectivity index is 1.28. The Hall–Kier alpha value is -3.56. The van der Waals surface area contributed by atoms with Crippen molar-refractivity contribution in [3.05, 3.63) is 30.0 Å². The first-order valence-electron chi connectivity index (χ1n) is 9.29. The molecule has 0 unspecified atom stereocenters. The number of nitrogens with zero attached hydrogens (tertiary/aromatic N) is 2. The zero-order valence-electron chi connectivity index (χ0n) is 15.6. The van der Waals surface area contributed by atoms with Gasteiger partial charge in [-0.05, 0) is 18.2 Å². The van der Waals surface area contributed by atoms with Crippen molar-refractivity contribution in [3.63, 3.8) is 0 Å². The van der Waals surface area contributed by atoms with Crippen LogP contribution in [0.3, 0.4) is 0 Å². The number of carbonyl (C=O) groups excluding carboxylic acids is 3. The van der Waals surface area contributed by atoms with Gasteiger partial charge < -0.3 is 24.2 Å². The summed E-state index contributed by atoms with van der Waals surface area (Å²) < 4.78 is 16.4. The molecule has 3 heterocycles. The smallest absolute Gasteiger partial charge is 0.324 e. The molecule has 0 saturated carbocycles. The fraction of sp³-hybridized carbons (Fsp3) is 0.368. The highest BCUT2D eigenvalue weighted by Crippen LogP contribution is 2.34. The maximum absolute atomic E-state index is 12.0. The summed E-state index contributed by atoms with van der Waals surface area (Å²) in [5.41, 5.74) is 1.37. The predicted molar refractivity (Wildman–Crippen MR) is 99.1 cm³/mol. The summed E-state index contributed by atoms with van der Waals surface area (Å²) in [5.74, 6) is 1.39. The van der Waals surface area contributed by atoms with E-state index in [1.165, 1.54) is 4.90 Å². The first-order chi connectivity index (χ1) is 14.1. The highest BCUT2D eigenvalue weighted by Gasteiger charge is 2.23. The van der Waals surface area contributed by atoms with E-state index in [0.717, 1.165) is 5.56 Å².